The third kappa shape index (κ3) is 3.96. The van der Waals surface area contributed by atoms with Crippen molar-refractivity contribution in [3.05, 3.63) is 48.8 Å². The molecule has 138 valence electrons. The van der Waals surface area contributed by atoms with Crippen LogP contribution in [0.25, 0.3) is 0 Å². The monoisotopic (exact) mass is 353 g/mol. The van der Waals surface area contributed by atoms with E-state index in [1.807, 2.05) is 24.9 Å². The van der Waals surface area contributed by atoms with E-state index >= 15 is 0 Å². The van der Waals surface area contributed by atoms with Gasteiger partial charge in [0.05, 0.1) is 6.33 Å². The van der Waals surface area contributed by atoms with Gasteiger partial charge in [0.1, 0.15) is 0 Å². The number of hydrogen-bond acceptors (Lipinski definition) is 4. The molecule has 4 heterocycles. The smallest absolute Gasteiger partial charge is 0.222 e. The topological polar surface area (TPSA) is 54.3 Å². The lowest BCUT2D eigenvalue weighted by atomic mass is 9.83. The molecule has 2 aromatic heterocycles. The van der Waals surface area contributed by atoms with Crippen LogP contribution in [-0.2, 0) is 17.9 Å². The number of carbonyl (C=O) groups is 1. The maximum Gasteiger partial charge on any atom is 0.222 e. The van der Waals surface area contributed by atoms with Gasteiger partial charge in [-0.25, -0.2) is 4.98 Å². The summed E-state index contributed by atoms with van der Waals surface area (Å²) in [5, 5.41) is 0. The molecule has 4 rings (SSSR count). The highest BCUT2D eigenvalue weighted by Gasteiger charge is 2.38. The average molecular weight is 353 g/mol. The summed E-state index contributed by atoms with van der Waals surface area (Å²) in [6, 6.07) is 4.62. The summed E-state index contributed by atoms with van der Waals surface area (Å²) in [5.41, 5.74) is 1.32. The zero-order valence-electron chi connectivity index (χ0n) is 15.2. The van der Waals surface area contributed by atoms with Gasteiger partial charge in [-0.15, -0.1) is 0 Å². The number of amides is 1. The SMILES string of the molecule is O=C1CC[C@H]2CN(Cc3ccncc3)CC[C@H]2N1CCCn1ccnc1. The van der Waals surface area contributed by atoms with Gasteiger partial charge in [-0.05, 0) is 42.9 Å². The number of pyridine rings is 1. The molecule has 0 N–H and O–H groups in total. The Kier molecular flexibility index (Phi) is 5.29. The molecule has 2 aliphatic rings. The first-order valence-electron chi connectivity index (χ1n) is 9.66. The van der Waals surface area contributed by atoms with Crippen molar-refractivity contribution in [3.63, 3.8) is 0 Å². The predicted octanol–water partition coefficient (Wildman–Crippen LogP) is 2.18. The van der Waals surface area contributed by atoms with Crippen LogP contribution in [-0.4, -0.2) is 55.9 Å². The molecule has 6 nitrogen and oxygen atoms in total. The Morgan fingerprint density at radius 2 is 1.96 bits per heavy atom. The van der Waals surface area contributed by atoms with E-state index in [4.69, 9.17) is 0 Å². The average Bonchev–Trinajstić information content (AvgIpc) is 3.18. The highest BCUT2D eigenvalue weighted by atomic mass is 16.2. The molecule has 26 heavy (non-hydrogen) atoms. The maximum atomic E-state index is 12.5. The molecule has 2 aromatic rings. The van der Waals surface area contributed by atoms with Gasteiger partial charge in [0.15, 0.2) is 0 Å². The Bertz CT molecular complexity index is 702. The first kappa shape index (κ1) is 17.2. The molecule has 2 atom stereocenters. The fourth-order valence-electron chi connectivity index (χ4n) is 4.45. The number of piperidine rings is 2. The summed E-state index contributed by atoms with van der Waals surface area (Å²) in [4.78, 5) is 25.4. The molecule has 0 saturated carbocycles. The molecule has 2 saturated heterocycles. The van der Waals surface area contributed by atoms with Gasteiger partial charge in [0.25, 0.3) is 0 Å². The minimum absolute atomic E-state index is 0.347. The van der Waals surface area contributed by atoms with E-state index in [1.165, 1.54) is 5.56 Å². The van der Waals surface area contributed by atoms with Crippen molar-refractivity contribution in [2.75, 3.05) is 19.6 Å². The van der Waals surface area contributed by atoms with Crippen LogP contribution in [0.3, 0.4) is 0 Å². The molecular formula is C20H27N5O. The quantitative estimate of drug-likeness (QED) is 0.799. The number of hydrogen-bond donors (Lipinski definition) is 0. The predicted molar refractivity (Wildman–Crippen MR) is 99.2 cm³/mol. The van der Waals surface area contributed by atoms with E-state index in [0.717, 1.165) is 52.0 Å². The fourth-order valence-corrected chi connectivity index (χ4v) is 4.45. The van der Waals surface area contributed by atoms with Crippen molar-refractivity contribution in [2.45, 2.75) is 44.8 Å². The van der Waals surface area contributed by atoms with Crippen molar-refractivity contribution in [3.8, 4) is 0 Å². The number of likely N-dealkylation sites (tertiary alicyclic amines) is 2. The third-order valence-corrected chi connectivity index (χ3v) is 5.76. The van der Waals surface area contributed by atoms with Crippen molar-refractivity contribution >= 4 is 5.91 Å². The van der Waals surface area contributed by atoms with E-state index in [2.05, 4.69) is 36.5 Å². The zero-order valence-corrected chi connectivity index (χ0v) is 15.2. The molecular weight excluding hydrogens is 326 g/mol. The summed E-state index contributed by atoms with van der Waals surface area (Å²) >= 11 is 0. The summed E-state index contributed by atoms with van der Waals surface area (Å²) in [7, 11) is 0. The molecule has 0 aromatic carbocycles. The minimum atomic E-state index is 0.347. The first-order valence-corrected chi connectivity index (χ1v) is 9.66. The van der Waals surface area contributed by atoms with Gasteiger partial charge >= 0.3 is 0 Å². The highest BCUT2D eigenvalue weighted by Crippen LogP contribution is 2.32. The van der Waals surface area contributed by atoms with Gasteiger partial charge in [0, 0.05) is 70.0 Å². The second-order valence-electron chi connectivity index (χ2n) is 7.49. The van der Waals surface area contributed by atoms with E-state index in [0.29, 0.717) is 24.3 Å². The fraction of sp³-hybridized carbons (Fsp3) is 0.550. The van der Waals surface area contributed by atoms with Crippen LogP contribution in [0.4, 0.5) is 0 Å². The lowest BCUT2D eigenvalue weighted by Gasteiger charge is -2.47. The summed E-state index contributed by atoms with van der Waals surface area (Å²) in [5.74, 6) is 0.955. The van der Waals surface area contributed by atoms with Crippen LogP contribution < -0.4 is 0 Å². The van der Waals surface area contributed by atoms with Crippen LogP contribution in [0, 0.1) is 5.92 Å². The third-order valence-electron chi connectivity index (χ3n) is 5.76. The normalized spacial score (nSPS) is 23.8. The number of aryl methyl sites for hydroxylation is 1. The lowest BCUT2D eigenvalue weighted by Crippen LogP contribution is -2.56. The van der Waals surface area contributed by atoms with Gasteiger partial charge in [-0.1, -0.05) is 0 Å². The van der Waals surface area contributed by atoms with Gasteiger partial charge in [-0.2, -0.15) is 0 Å². The molecule has 2 aliphatic heterocycles. The largest absolute Gasteiger partial charge is 0.339 e. The zero-order chi connectivity index (χ0) is 17.8. The van der Waals surface area contributed by atoms with Gasteiger partial charge in [-0.3, -0.25) is 14.7 Å². The minimum Gasteiger partial charge on any atom is -0.339 e. The molecule has 1 amide bonds. The van der Waals surface area contributed by atoms with Crippen LogP contribution in [0.15, 0.2) is 43.2 Å². The molecule has 2 fully saturated rings. The summed E-state index contributed by atoms with van der Waals surface area (Å²) < 4.78 is 2.09. The number of imidazole rings is 1. The Hall–Kier alpha value is -2.21. The Labute approximate surface area is 154 Å². The number of aromatic nitrogens is 3. The molecule has 0 unspecified atom stereocenters. The van der Waals surface area contributed by atoms with Crippen molar-refractivity contribution < 1.29 is 4.79 Å². The van der Waals surface area contributed by atoms with Crippen LogP contribution in [0.2, 0.25) is 0 Å². The Morgan fingerprint density at radius 1 is 1.08 bits per heavy atom. The van der Waals surface area contributed by atoms with Crippen LogP contribution in [0.5, 0.6) is 0 Å². The number of nitrogens with zero attached hydrogens (tertiary/aromatic N) is 5. The number of fused-ring (bicyclic) bond motifs is 1. The van der Waals surface area contributed by atoms with Crippen LogP contribution >= 0.6 is 0 Å². The van der Waals surface area contributed by atoms with Crippen LogP contribution in [0.1, 0.15) is 31.2 Å². The van der Waals surface area contributed by atoms with E-state index in [-0.39, 0.29) is 0 Å². The summed E-state index contributed by atoms with van der Waals surface area (Å²) in [6.45, 7) is 4.94. The molecule has 0 aliphatic carbocycles. The standard InChI is InChI=1S/C20H27N5O/c26-20-3-2-18-15-24(14-17-4-7-21-8-5-17)12-6-19(18)25(20)11-1-10-23-13-9-22-16-23/h4-5,7-9,13,16,18-19H,1-3,6,10-12,14-15H2/t18-,19+/m0/s1. The van der Waals surface area contributed by atoms with E-state index < -0.39 is 0 Å². The molecule has 0 radical (unpaired) electrons. The number of carbonyl (C=O) groups excluding carboxylic acids is 1. The maximum absolute atomic E-state index is 12.5. The van der Waals surface area contributed by atoms with E-state index in [1.54, 1.807) is 6.20 Å². The number of rotatable bonds is 6. The van der Waals surface area contributed by atoms with Crippen molar-refractivity contribution in [1.82, 2.24) is 24.3 Å². The second kappa shape index (κ2) is 7.99. The lowest BCUT2D eigenvalue weighted by molar-refractivity contribution is -0.141. The van der Waals surface area contributed by atoms with Gasteiger partial charge in [0.2, 0.25) is 5.91 Å². The highest BCUT2D eigenvalue weighted by molar-refractivity contribution is 5.77. The van der Waals surface area contributed by atoms with Gasteiger partial charge < -0.3 is 9.47 Å². The summed E-state index contributed by atoms with van der Waals surface area (Å²) in [6.07, 6.45) is 13.2. The van der Waals surface area contributed by atoms with Crippen molar-refractivity contribution in [2.24, 2.45) is 5.92 Å². The molecule has 0 bridgehead atoms. The Balaban J connectivity index is 1.33. The first-order chi connectivity index (χ1) is 12.8. The second-order valence-corrected chi connectivity index (χ2v) is 7.49. The Morgan fingerprint density at radius 3 is 2.77 bits per heavy atom. The van der Waals surface area contributed by atoms with E-state index in [9.17, 15) is 4.79 Å². The molecule has 6 heteroatoms. The van der Waals surface area contributed by atoms with Crippen molar-refractivity contribution in [1.29, 1.82) is 0 Å². The molecule has 0 spiro atoms.